The predicted molar refractivity (Wildman–Crippen MR) is 102 cm³/mol. The van der Waals surface area contributed by atoms with Crippen LogP contribution in [0.25, 0.3) is 0 Å². The summed E-state index contributed by atoms with van der Waals surface area (Å²) in [7, 11) is 1.67. The third-order valence-corrected chi connectivity index (χ3v) is 4.23. The Morgan fingerprint density at radius 3 is 2.76 bits per heavy atom. The van der Waals surface area contributed by atoms with Gasteiger partial charge in [0.2, 0.25) is 5.95 Å². The van der Waals surface area contributed by atoms with Crippen LogP contribution in [0, 0.1) is 6.92 Å². The molecule has 0 aliphatic carbocycles. The van der Waals surface area contributed by atoms with E-state index < -0.39 is 0 Å². The summed E-state index contributed by atoms with van der Waals surface area (Å²) >= 11 is 6.15. The van der Waals surface area contributed by atoms with E-state index in [4.69, 9.17) is 16.3 Å². The molecule has 3 rings (SSSR count). The van der Waals surface area contributed by atoms with Gasteiger partial charge in [0.1, 0.15) is 11.6 Å². The Kier molecular flexibility index (Phi) is 5.36. The van der Waals surface area contributed by atoms with Crippen LogP contribution in [0.15, 0.2) is 54.7 Å². The molecule has 0 atom stereocenters. The van der Waals surface area contributed by atoms with Gasteiger partial charge in [-0.3, -0.25) is 0 Å². The summed E-state index contributed by atoms with van der Waals surface area (Å²) in [4.78, 5) is 8.76. The number of anilines is 3. The van der Waals surface area contributed by atoms with Crippen LogP contribution in [-0.4, -0.2) is 17.1 Å². The molecule has 0 radical (unpaired) electrons. The van der Waals surface area contributed by atoms with Gasteiger partial charge in [0.25, 0.3) is 0 Å². The van der Waals surface area contributed by atoms with Gasteiger partial charge in [-0.15, -0.1) is 0 Å². The lowest BCUT2D eigenvalue weighted by atomic mass is 10.2. The monoisotopic (exact) mass is 354 g/mol. The first kappa shape index (κ1) is 17.0. The third-order valence-electron chi connectivity index (χ3n) is 3.82. The van der Waals surface area contributed by atoms with E-state index in [1.165, 1.54) is 0 Å². The number of rotatable bonds is 6. The second-order valence-electron chi connectivity index (χ2n) is 5.47. The van der Waals surface area contributed by atoms with Gasteiger partial charge >= 0.3 is 0 Å². The summed E-state index contributed by atoms with van der Waals surface area (Å²) < 4.78 is 5.36. The van der Waals surface area contributed by atoms with Crippen molar-refractivity contribution in [3.8, 4) is 5.75 Å². The van der Waals surface area contributed by atoms with E-state index in [0.29, 0.717) is 17.5 Å². The largest absolute Gasteiger partial charge is 0.496 e. The number of para-hydroxylation sites is 1. The first-order valence-electron chi connectivity index (χ1n) is 7.88. The Hall–Kier alpha value is -2.79. The summed E-state index contributed by atoms with van der Waals surface area (Å²) in [6, 6.07) is 15.4. The molecule has 2 N–H and O–H groups in total. The van der Waals surface area contributed by atoms with Crippen molar-refractivity contribution in [2.45, 2.75) is 13.5 Å². The third kappa shape index (κ3) is 4.19. The second kappa shape index (κ2) is 7.85. The molecular formula is C19H19ClN4O. The molecule has 5 nitrogen and oxygen atoms in total. The number of methoxy groups -OCH3 is 1. The van der Waals surface area contributed by atoms with Crippen LogP contribution >= 0.6 is 11.6 Å². The average molecular weight is 355 g/mol. The molecule has 6 heteroatoms. The quantitative estimate of drug-likeness (QED) is 0.665. The molecule has 0 amide bonds. The highest BCUT2D eigenvalue weighted by atomic mass is 35.5. The first-order chi connectivity index (χ1) is 12.2. The van der Waals surface area contributed by atoms with E-state index in [1.54, 1.807) is 13.3 Å². The number of nitrogens with zero attached hydrogens (tertiary/aromatic N) is 2. The van der Waals surface area contributed by atoms with Crippen molar-refractivity contribution in [3.63, 3.8) is 0 Å². The molecule has 3 aromatic rings. The van der Waals surface area contributed by atoms with E-state index >= 15 is 0 Å². The molecule has 0 aliphatic rings. The van der Waals surface area contributed by atoms with E-state index in [1.807, 2.05) is 55.5 Å². The van der Waals surface area contributed by atoms with E-state index in [9.17, 15) is 0 Å². The molecule has 0 spiro atoms. The SMILES string of the molecule is COc1ccccc1CNc1ccnc(Nc2cccc(Cl)c2C)n1. The van der Waals surface area contributed by atoms with Crippen molar-refractivity contribution in [2.75, 3.05) is 17.7 Å². The van der Waals surface area contributed by atoms with Gasteiger partial charge < -0.3 is 15.4 Å². The summed E-state index contributed by atoms with van der Waals surface area (Å²) in [6.07, 6.45) is 1.71. The standard InChI is InChI=1S/C19H19ClN4O/c1-13-15(20)7-5-8-16(13)23-19-21-11-10-18(24-19)22-12-14-6-3-4-9-17(14)25-2/h3-11H,12H2,1-2H3,(H2,21,22,23,24). The number of nitrogens with one attached hydrogen (secondary N) is 2. The van der Waals surface area contributed by atoms with E-state index in [2.05, 4.69) is 20.6 Å². The number of hydrogen-bond acceptors (Lipinski definition) is 5. The van der Waals surface area contributed by atoms with Gasteiger partial charge in [0.05, 0.1) is 7.11 Å². The van der Waals surface area contributed by atoms with Crippen molar-refractivity contribution in [3.05, 3.63) is 70.9 Å². The van der Waals surface area contributed by atoms with Crippen molar-refractivity contribution in [2.24, 2.45) is 0 Å². The number of hydrogen-bond donors (Lipinski definition) is 2. The fraction of sp³-hybridized carbons (Fsp3) is 0.158. The molecule has 0 fully saturated rings. The molecule has 1 heterocycles. The second-order valence-corrected chi connectivity index (χ2v) is 5.88. The fourth-order valence-electron chi connectivity index (χ4n) is 2.42. The molecule has 0 bridgehead atoms. The zero-order valence-corrected chi connectivity index (χ0v) is 14.8. The Balaban J connectivity index is 1.72. The van der Waals surface area contributed by atoms with Crippen molar-refractivity contribution < 1.29 is 4.74 Å². The summed E-state index contributed by atoms with van der Waals surface area (Å²) in [5.74, 6) is 2.08. The van der Waals surface area contributed by atoms with Crippen LogP contribution in [0.5, 0.6) is 5.75 Å². The number of aromatic nitrogens is 2. The highest BCUT2D eigenvalue weighted by molar-refractivity contribution is 6.31. The van der Waals surface area contributed by atoms with Crippen LogP contribution in [0.1, 0.15) is 11.1 Å². The lowest BCUT2D eigenvalue weighted by molar-refractivity contribution is 0.410. The van der Waals surface area contributed by atoms with Crippen molar-refractivity contribution >= 4 is 29.1 Å². The van der Waals surface area contributed by atoms with Gasteiger partial charge in [-0.1, -0.05) is 35.9 Å². The van der Waals surface area contributed by atoms with Gasteiger partial charge in [0, 0.05) is 29.0 Å². The highest BCUT2D eigenvalue weighted by Gasteiger charge is 2.06. The van der Waals surface area contributed by atoms with Crippen molar-refractivity contribution in [1.82, 2.24) is 9.97 Å². The lowest BCUT2D eigenvalue weighted by Crippen LogP contribution is -2.05. The normalized spacial score (nSPS) is 10.4. The topological polar surface area (TPSA) is 59.1 Å². The van der Waals surface area contributed by atoms with Crippen LogP contribution in [0.4, 0.5) is 17.5 Å². The minimum absolute atomic E-state index is 0.510. The van der Waals surface area contributed by atoms with Crippen LogP contribution in [-0.2, 0) is 6.54 Å². The fourth-order valence-corrected chi connectivity index (χ4v) is 2.59. The maximum atomic E-state index is 6.15. The van der Waals surface area contributed by atoms with Gasteiger partial charge in [-0.25, -0.2) is 4.98 Å². The molecular weight excluding hydrogens is 336 g/mol. The molecule has 1 aromatic heterocycles. The number of ether oxygens (including phenoxy) is 1. The summed E-state index contributed by atoms with van der Waals surface area (Å²) in [5.41, 5.74) is 2.90. The molecule has 0 saturated heterocycles. The Labute approximate surface area is 152 Å². The Bertz CT molecular complexity index is 870. The lowest BCUT2D eigenvalue weighted by Gasteiger charge is -2.12. The minimum Gasteiger partial charge on any atom is -0.496 e. The molecule has 2 aromatic carbocycles. The van der Waals surface area contributed by atoms with Gasteiger partial charge in [0.15, 0.2) is 0 Å². The maximum Gasteiger partial charge on any atom is 0.229 e. The predicted octanol–water partition coefficient (Wildman–Crippen LogP) is 4.80. The average Bonchev–Trinajstić information content (AvgIpc) is 2.64. The van der Waals surface area contributed by atoms with E-state index in [-0.39, 0.29) is 0 Å². The number of halogens is 1. The zero-order chi connectivity index (χ0) is 17.6. The minimum atomic E-state index is 0.510. The van der Waals surface area contributed by atoms with Crippen molar-refractivity contribution in [1.29, 1.82) is 0 Å². The van der Waals surface area contributed by atoms with Crippen LogP contribution < -0.4 is 15.4 Å². The zero-order valence-electron chi connectivity index (χ0n) is 14.1. The Morgan fingerprint density at radius 1 is 1.08 bits per heavy atom. The summed E-state index contributed by atoms with van der Waals surface area (Å²) in [6.45, 7) is 2.56. The molecule has 25 heavy (non-hydrogen) atoms. The smallest absolute Gasteiger partial charge is 0.229 e. The molecule has 0 saturated carbocycles. The molecule has 0 unspecified atom stereocenters. The van der Waals surface area contributed by atoms with Crippen LogP contribution in [0.3, 0.4) is 0 Å². The molecule has 0 aliphatic heterocycles. The van der Waals surface area contributed by atoms with Crippen LogP contribution in [0.2, 0.25) is 5.02 Å². The van der Waals surface area contributed by atoms with Gasteiger partial charge in [-0.05, 0) is 36.8 Å². The maximum absolute atomic E-state index is 6.15. The van der Waals surface area contributed by atoms with E-state index in [0.717, 1.165) is 28.4 Å². The van der Waals surface area contributed by atoms with Gasteiger partial charge in [-0.2, -0.15) is 4.98 Å². The summed E-state index contributed by atoms with van der Waals surface area (Å²) in [5, 5.41) is 7.20. The highest BCUT2D eigenvalue weighted by Crippen LogP contribution is 2.25. The number of benzene rings is 2. The first-order valence-corrected chi connectivity index (χ1v) is 8.26. The Morgan fingerprint density at radius 2 is 1.92 bits per heavy atom. The molecule has 128 valence electrons.